The van der Waals surface area contributed by atoms with Gasteiger partial charge in [0, 0.05) is 18.9 Å². The van der Waals surface area contributed by atoms with Crippen molar-refractivity contribution in [3.63, 3.8) is 0 Å². The molecule has 0 saturated carbocycles. The molecule has 0 aromatic carbocycles. The summed E-state index contributed by atoms with van der Waals surface area (Å²) < 4.78 is 81.2. The zero-order valence-corrected chi connectivity index (χ0v) is 12.9. The van der Waals surface area contributed by atoms with Gasteiger partial charge in [-0.2, -0.15) is 0 Å². The summed E-state index contributed by atoms with van der Waals surface area (Å²) in [6.45, 7) is 3.48. The molecule has 0 heterocycles. The minimum atomic E-state index is -5.31. The Morgan fingerprint density at radius 1 is 1.25 bits per heavy atom. The molecule has 10 heteroatoms. The van der Waals surface area contributed by atoms with Gasteiger partial charge in [0.15, 0.2) is 0 Å². The quantitative estimate of drug-likeness (QED) is 0.578. The van der Waals surface area contributed by atoms with E-state index in [0.29, 0.717) is 18.1 Å². The van der Waals surface area contributed by atoms with E-state index in [-0.39, 0.29) is 18.4 Å². The summed E-state index contributed by atoms with van der Waals surface area (Å²) in [7, 11) is 0. The lowest BCUT2D eigenvalue weighted by Crippen LogP contribution is -2.44. The Morgan fingerprint density at radius 3 is 2.17 bits per heavy atom. The van der Waals surface area contributed by atoms with Gasteiger partial charge in [0.25, 0.3) is 0 Å². The predicted molar refractivity (Wildman–Crippen MR) is 71.3 cm³/mol. The smallest absolute Gasteiger partial charge is 0.352 e. The van der Waals surface area contributed by atoms with E-state index in [2.05, 4.69) is 14.8 Å². The molecule has 138 valence electrons. The summed E-state index contributed by atoms with van der Waals surface area (Å²) in [5.74, 6) is -3.53. The van der Waals surface area contributed by atoms with E-state index < -0.39 is 24.9 Å². The van der Waals surface area contributed by atoms with Crippen LogP contribution in [0.1, 0.15) is 26.7 Å². The first kappa shape index (κ1) is 20.5. The fourth-order valence-electron chi connectivity index (χ4n) is 1.89. The van der Waals surface area contributed by atoms with Crippen LogP contribution in [0.5, 0.6) is 0 Å². The first-order chi connectivity index (χ1) is 10.9. The van der Waals surface area contributed by atoms with Gasteiger partial charge in [-0.3, -0.25) is 14.3 Å². The van der Waals surface area contributed by atoms with Crippen molar-refractivity contribution in [3.05, 3.63) is 23.8 Å². The van der Waals surface area contributed by atoms with Crippen LogP contribution in [0, 0.1) is 5.92 Å². The highest BCUT2D eigenvalue weighted by Crippen LogP contribution is 2.38. The lowest BCUT2D eigenvalue weighted by atomic mass is 10.0. The zero-order chi connectivity index (χ0) is 18.6. The second kappa shape index (κ2) is 7.56. The van der Waals surface area contributed by atoms with Crippen molar-refractivity contribution in [2.75, 3.05) is 6.54 Å². The van der Waals surface area contributed by atoms with E-state index in [4.69, 9.17) is 0 Å². The Morgan fingerprint density at radius 2 is 1.79 bits per heavy atom. The molecule has 0 fully saturated rings. The largest absolute Gasteiger partial charge is 0.525 e. The molecule has 0 saturated heterocycles. The molecule has 0 aromatic rings. The van der Waals surface area contributed by atoms with Crippen molar-refractivity contribution in [2.24, 2.45) is 5.92 Å². The highest BCUT2D eigenvalue weighted by molar-refractivity contribution is 5.78. The lowest BCUT2D eigenvalue weighted by molar-refractivity contribution is -0.464. The number of nitrogens with one attached hydrogen (secondary N) is 1. The van der Waals surface area contributed by atoms with Gasteiger partial charge in [0.05, 0.1) is 0 Å². The fourth-order valence-corrected chi connectivity index (χ4v) is 1.89. The van der Waals surface area contributed by atoms with Crippen LogP contribution in [-0.4, -0.2) is 31.0 Å². The Labute approximate surface area is 134 Å². The molecule has 0 aromatic heterocycles. The molecule has 0 radical (unpaired) electrons. The normalized spacial score (nSPS) is 18.9. The average molecular weight is 361 g/mol. The van der Waals surface area contributed by atoms with Gasteiger partial charge >= 0.3 is 12.7 Å². The maximum absolute atomic E-state index is 12.4. The number of alkyl halides is 6. The maximum Gasteiger partial charge on any atom is 0.525 e. The lowest BCUT2D eigenvalue weighted by Gasteiger charge is -2.33. The van der Waals surface area contributed by atoms with Gasteiger partial charge < -0.3 is 5.32 Å². The molecule has 0 spiro atoms. The minimum absolute atomic E-state index is 0.0201. The Bertz CT molecular complexity index is 494. The van der Waals surface area contributed by atoms with Crippen LogP contribution in [0.4, 0.5) is 26.3 Å². The third-order valence-corrected chi connectivity index (χ3v) is 3.30. The third-order valence-electron chi connectivity index (χ3n) is 3.30. The first-order valence-corrected chi connectivity index (χ1v) is 7.05. The van der Waals surface area contributed by atoms with Crippen molar-refractivity contribution in [2.45, 2.75) is 45.2 Å². The van der Waals surface area contributed by atoms with Crippen molar-refractivity contribution in [3.8, 4) is 0 Å². The second-order valence-corrected chi connectivity index (χ2v) is 5.25. The number of carbonyl (C=O) groups excluding carboxylic acids is 1. The van der Waals surface area contributed by atoms with E-state index in [1.54, 1.807) is 13.8 Å². The van der Waals surface area contributed by atoms with Crippen LogP contribution in [0.2, 0.25) is 0 Å². The van der Waals surface area contributed by atoms with Crippen molar-refractivity contribution in [1.29, 1.82) is 0 Å². The van der Waals surface area contributed by atoms with Crippen LogP contribution in [0.15, 0.2) is 23.8 Å². The van der Waals surface area contributed by atoms with E-state index in [1.165, 1.54) is 0 Å². The summed E-state index contributed by atoms with van der Waals surface area (Å²) in [5, 5.41) is 2.54. The molecule has 4 nitrogen and oxygen atoms in total. The molecule has 0 bridgehead atoms. The highest BCUT2D eigenvalue weighted by atomic mass is 19.4. The SMILES string of the molecule is CCC(C)C(=O)NCC1=CCC(OC(F)(F)F)(OC(F)(F)F)C=C1. The van der Waals surface area contributed by atoms with Gasteiger partial charge in [-0.15, -0.1) is 26.3 Å². The monoisotopic (exact) mass is 361 g/mol. The summed E-state index contributed by atoms with van der Waals surface area (Å²) in [6.07, 6.45) is -8.21. The van der Waals surface area contributed by atoms with E-state index >= 15 is 0 Å². The van der Waals surface area contributed by atoms with Crippen LogP contribution in [0.25, 0.3) is 0 Å². The van der Waals surface area contributed by atoms with Crippen LogP contribution < -0.4 is 5.32 Å². The Kier molecular flexibility index (Phi) is 6.45. The van der Waals surface area contributed by atoms with E-state index in [9.17, 15) is 31.1 Å². The number of hydrogen-bond donors (Lipinski definition) is 1. The maximum atomic E-state index is 12.4. The Hall–Kier alpha value is -1.55. The Balaban J connectivity index is 2.76. The summed E-state index contributed by atoms with van der Waals surface area (Å²) in [5.41, 5.74) is 0.346. The molecule has 0 aliphatic heterocycles. The molecular formula is C14H17F6NO3. The van der Waals surface area contributed by atoms with Gasteiger partial charge in [-0.25, -0.2) is 0 Å². The van der Waals surface area contributed by atoms with E-state index in [0.717, 1.165) is 12.2 Å². The van der Waals surface area contributed by atoms with Gasteiger partial charge in [0.2, 0.25) is 11.7 Å². The van der Waals surface area contributed by atoms with Crippen LogP contribution >= 0.6 is 0 Å². The molecule has 1 aliphatic carbocycles. The van der Waals surface area contributed by atoms with Crippen molar-refractivity contribution in [1.82, 2.24) is 5.32 Å². The van der Waals surface area contributed by atoms with Gasteiger partial charge in [-0.05, 0) is 18.1 Å². The second-order valence-electron chi connectivity index (χ2n) is 5.25. The zero-order valence-electron chi connectivity index (χ0n) is 12.9. The average Bonchev–Trinajstić information content (AvgIpc) is 2.41. The molecule has 1 unspecified atom stereocenters. The van der Waals surface area contributed by atoms with Gasteiger partial charge in [0.1, 0.15) is 0 Å². The number of carbonyl (C=O) groups is 1. The first-order valence-electron chi connectivity index (χ1n) is 7.05. The molecule has 1 amide bonds. The molecule has 24 heavy (non-hydrogen) atoms. The summed E-state index contributed by atoms with van der Waals surface area (Å²) in [4.78, 5) is 11.6. The number of hydrogen-bond acceptors (Lipinski definition) is 3. The van der Waals surface area contributed by atoms with Crippen molar-refractivity contribution >= 4 is 5.91 Å². The van der Waals surface area contributed by atoms with Crippen LogP contribution in [-0.2, 0) is 14.3 Å². The summed E-state index contributed by atoms with van der Waals surface area (Å²) in [6, 6.07) is 0. The van der Waals surface area contributed by atoms with Crippen LogP contribution in [0.3, 0.4) is 0 Å². The molecule has 1 rings (SSSR count). The number of rotatable bonds is 6. The number of halogens is 6. The standard InChI is InChI=1S/C14H17F6NO3/c1-3-9(2)11(22)21-8-10-4-6-12(7-5-10,23-13(15,16)17)24-14(18,19)20/h4-6,9H,3,7-8H2,1-2H3,(H,21,22). The topological polar surface area (TPSA) is 47.6 Å². The van der Waals surface area contributed by atoms with E-state index in [1.807, 2.05) is 0 Å². The third kappa shape index (κ3) is 6.91. The fraction of sp³-hybridized carbons (Fsp3) is 0.643. The molecule has 1 aliphatic rings. The number of amides is 1. The predicted octanol–water partition coefficient (Wildman–Crippen LogP) is 3.80. The molecule has 1 N–H and O–H groups in total. The summed E-state index contributed by atoms with van der Waals surface area (Å²) >= 11 is 0. The number of ether oxygens (including phenoxy) is 2. The van der Waals surface area contributed by atoms with Gasteiger partial charge in [-0.1, -0.05) is 26.0 Å². The molecular weight excluding hydrogens is 344 g/mol. The highest BCUT2D eigenvalue weighted by Gasteiger charge is 2.50. The van der Waals surface area contributed by atoms with Crippen molar-refractivity contribution < 1.29 is 40.6 Å². The minimum Gasteiger partial charge on any atom is -0.352 e. The molecule has 1 atom stereocenters.